The lowest BCUT2D eigenvalue weighted by molar-refractivity contribution is -0.123. The predicted octanol–water partition coefficient (Wildman–Crippen LogP) is 2.27. The van der Waals surface area contributed by atoms with Gasteiger partial charge < -0.3 is 5.32 Å². The van der Waals surface area contributed by atoms with Crippen LogP contribution in [0.15, 0.2) is 64.9 Å². The van der Waals surface area contributed by atoms with Crippen LogP contribution in [0.25, 0.3) is 0 Å². The number of imide groups is 1. The Morgan fingerprint density at radius 3 is 2.44 bits per heavy atom. The molecule has 0 bridgehead atoms. The monoisotopic (exact) mass is 383 g/mol. The summed E-state index contributed by atoms with van der Waals surface area (Å²) in [6.45, 7) is -0.199. The molecule has 0 spiro atoms. The van der Waals surface area contributed by atoms with Crippen molar-refractivity contribution in [3.63, 3.8) is 0 Å². The number of nitrogens with zero attached hydrogens (tertiary/aromatic N) is 4. The summed E-state index contributed by atoms with van der Waals surface area (Å²) in [7, 11) is 0. The van der Waals surface area contributed by atoms with Crippen molar-refractivity contribution < 1.29 is 14.4 Å². The summed E-state index contributed by atoms with van der Waals surface area (Å²) in [5.74, 6) is -1.27. The molecule has 2 atom stereocenters. The van der Waals surface area contributed by atoms with E-state index >= 15 is 0 Å². The summed E-state index contributed by atoms with van der Waals surface area (Å²) in [5.41, 5.74) is 1.04. The van der Waals surface area contributed by atoms with Gasteiger partial charge in [-0.15, -0.1) is 0 Å². The smallest absolute Gasteiger partial charge is 0.263 e. The maximum Gasteiger partial charge on any atom is 0.263 e. The molecule has 2 aliphatic heterocycles. The second-order valence-electron chi connectivity index (χ2n) is 6.09. The van der Waals surface area contributed by atoms with E-state index in [2.05, 4.69) is 15.7 Å². The number of anilines is 2. The van der Waals surface area contributed by atoms with E-state index in [1.165, 1.54) is 5.01 Å². The predicted molar refractivity (Wildman–Crippen MR) is 98.2 cm³/mol. The van der Waals surface area contributed by atoms with Crippen LogP contribution >= 0.6 is 11.6 Å². The van der Waals surface area contributed by atoms with Crippen LogP contribution in [0.4, 0.5) is 11.4 Å². The first kappa shape index (κ1) is 17.2. The van der Waals surface area contributed by atoms with Crippen molar-refractivity contribution in [2.45, 2.75) is 12.1 Å². The highest BCUT2D eigenvalue weighted by Crippen LogP contribution is 2.31. The number of carbonyl (C=O) groups excluding carboxylic acids is 3. The number of fused-ring (bicyclic) bond motifs is 1. The van der Waals surface area contributed by atoms with Crippen molar-refractivity contribution in [1.82, 2.24) is 5.01 Å². The molecule has 1 saturated heterocycles. The van der Waals surface area contributed by atoms with Gasteiger partial charge in [-0.1, -0.05) is 35.0 Å². The Morgan fingerprint density at radius 2 is 1.74 bits per heavy atom. The zero-order valence-electron chi connectivity index (χ0n) is 13.9. The summed E-state index contributed by atoms with van der Waals surface area (Å²) < 4.78 is 0. The fourth-order valence-corrected chi connectivity index (χ4v) is 3.19. The van der Waals surface area contributed by atoms with Crippen molar-refractivity contribution in [3.05, 3.63) is 59.6 Å². The normalized spacial score (nSPS) is 20.9. The first-order chi connectivity index (χ1) is 13.0. The highest BCUT2D eigenvalue weighted by atomic mass is 35.5. The summed E-state index contributed by atoms with van der Waals surface area (Å²) in [6, 6.07) is 13.4. The summed E-state index contributed by atoms with van der Waals surface area (Å²) in [4.78, 5) is 38.7. The lowest BCUT2D eigenvalue weighted by Crippen LogP contribution is -2.43. The van der Waals surface area contributed by atoms with Gasteiger partial charge in [-0.2, -0.15) is 5.11 Å². The third kappa shape index (κ3) is 3.15. The number of rotatable bonds is 4. The van der Waals surface area contributed by atoms with Gasteiger partial charge in [0.15, 0.2) is 12.1 Å². The van der Waals surface area contributed by atoms with E-state index in [4.69, 9.17) is 11.6 Å². The van der Waals surface area contributed by atoms with E-state index in [-0.39, 0.29) is 12.5 Å². The van der Waals surface area contributed by atoms with Crippen LogP contribution in [0, 0.1) is 0 Å². The second-order valence-corrected chi connectivity index (χ2v) is 6.53. The Kier molecular flexibility index (Phi) is 4.33. The van der Waals surface area contributed by atoms with E-state index in [1.54, 1.807) is 54.6 Å². The first-order valence-electron chi connectivity index (χ1n) is 8.20. The quantitative estimate of drug-likeness (QED) is 0.819. The van der Waals surface area contributed by atoms with Crippen molar-refractivity contribution in [2.75, 3.05) is 16.8 Å². The van der Waals surface area contributed by atoms with Crippen molar-refractivity contribution in [1.29, 1.82) is 0 Å². The zero-order valence-corrected chi connectivity index (χ0v) is 14.7. The molecule has 136 valence electrons. The number of nitrogens with one attached hydrogen (secondary N) is 1. The molecule has 2 aromatic carbocycles. The molecule has 2 aliphatic rings. The van der Waals surface area contributed by atoms with Gasteiger partial charge in [0.25, 0.3) is 11.8 Å². The lowest BCUT2D eigenvalue weighted by atomic mass is 10.1. The van der Waals surface area contributed by atoms with E-state index in [9.17, 15) is 14.4 Å². The Morgan fingerprint density at radius 1 is 1.04 bits per heavy atom. The van der Waals surface area contributed by atoms with Crippen molar-refractivity contribution in [2.24, 2.45) is 10.3 Å². The molecule has 0 saturated carbocycles. The Balaban J connectivity index is 1.47. The topological polar surface area (TPSA) is 94.4 Å². The molecule has 0 aliphatic carbocycles. The highest BCUT2D eigenvalue weighted by molar-refractivity contribution is 6.30. The Bertz CT molecular complexity index is 932. The maximum absolute atomic E-state index is 12.8. The van der Waals surface area contributed by atoms with Gasteiger partial charge in [0.1, 0.15) is 6.54 Å². The standard InChI is InChI=1S/C18H14ClN5O3/c19-11-6-8-12(9-7-11)20-14(25)10-23-16-15(21-22-23)17(26)24(18(16)27)13-4-2-1-3-5-13/h1-9,15-16H,10H2,(H,20,25). The SMILES string of the molecule is O=C(CN1N=NC2C(=O)N(c3ccccc3)C(=O)C21)Nc1ccc(Cl)cc1. The lowest BCUT2D eigenvalue weighted by Gasteiger charge is -2.20. The van der Waals surface area contributed by atoms with Gasteiger partial charge >= 0.3 is 0 Å². The molecule has 27 heavy (non-hydrogen) atoms. The molecule has 0 aromatic heterocycles. The van der Waals surface area contributed by atoms with Crippen LogP contribution in [0.2, 0.25) is 5.02 Å². The van der Waals surface area contributed by atoms with Crippen LogP contribution in [0.3, 0.4) is 0 Å². The third-order valence-electron chi connectivity index (χ3n) is 4.31. The first-order valence-corrected chi connectivity index (χ1v) is 8.58. The molecule has 2 unspecified atom stereocenters. The van der Waals surface area contributed by atoms with Crippen LogP contribution in [0.5, 0.6) is 0 Å². The number of hydrogen-bond acceptors (Lipinski definition) is 6. The summed E-state index contributed by atoms with van der Waals surface area (Å²) >= 11 is 5.82. The fourth-order valence-electron chi connectivity index (χ4n) is 3.07. The minimum absolute atomic E-state index is 0.199. The maximum atomic E-state index is 12.8. The molecule has 1 N–H and O–H groups in total. The van der Waals surface area contributed by atoms with Gasteiger partial charge in [0, 0.05) is 10.7 Å². The average Bonchev–Trinajstić information content (AvgIpc) is 3.18. The minimum Gasteiger partial charge on any atom is -0.324 e. The van der Waals surface area contributed by atoms with Gasteiger partial charge in [0.2, 0.25) is 5.91 Å². The molecule has 3 amide bonds. The molecular weight excluding hydrogens is 370 g/mol. The average molecular weight is 384 g/mol. The van der Waals surface area contributed by atoms with Gasteiger partial charge in [-0.25, -0.2) is 4.90 Å². The number of halogens is 1. The minimum atomic E-state index is -0.930. The zero-order chi connectivity index (χ0) is 19.0. The molecule has 0 radical (unpaired) electrons. The highest BCUT2D eigenvalue weighted by Gasteiger charge is 2.55. The van der Waals surface area contributed by atoms with E-state index in [0.29, 0.717) is 16.4 Å². The van der Waals surface area contributed by atoms with E-state index in [0.717, 1.165) is 4.90 Å². The number of para-hydroxylation sites is 1. The van der Waals surface area contributed by atoms with Gasteiger partial charge in [0.05, 0.1) is 5.69 Å². The molecule has 9 heteroatoms. The van der Waals surface area contributed by atoms with Crippen LogP contribution in [0.1, 0.15) is 0 Å². The number of hydrogen-bond donors (Lipinski definition) is 1. The van der Waals surface area contributed by atoms with Crippen LogP contribution in [-0.4, -0.2) is 41.4 Å². The molecule has 1 fully saturated rings. The van der Waals surface area contributed by atoms with Gasteiger partial charge in [-0.05, 0) is 36.4 Å². The van der Waals surface area contributed by atoms with E-state index in [1.807, 2.05) is 0 Å². The molecule has 2 aromatic rings. The second kappa shape index (κ2) is 6.81. The number of amides is 3. The van der Waals surface area contributed by atoms with Crippen molar-refractivity contribution in [3.8, 4) is 0 Å². The van der Waals surface area contributed by atoms with Crippen molar-refractivity contribution >= 4 is 40.7 Å². The summed E-state index contributed by atoms with van der Waals surface area (Å²) in [6.07, 6.45) is 0. The van der Waals surface area contributed by atoms with Crippen LogP contribution < -0.4 is 10.2 Å². The largest absolute Gasteiger partial charge is 0.324 e. The Hall–Kier alpha value is -3.26. The summed E-state index contributed by atoms with van der Waals surface area (Å²) in [5, 5.41) is 12.3. The number of benzene rings is 2. The Labute approximate surface area is 159 Å². The molecule has 2 heterocycles. The number of carbonyl (C=O) groups is 3. The third-order valence-corrected chi connectivity index (χ3v) is 4.56. The van der Waals surface area contributed by atoms with E-state index < -0.39 is 23.9 Å². The molecule has 4 rings (SSSR count). The fraction of sp³-hybridized carbons (Fsp3) is 0.167. The molecular formula is C18H14ClN5O3. The van der Waals surface area contributed by atoms with Crippen LogP contribution in [-0.2, 0) is 14.4 Å². The van der Waals surface area contributed by atoms with Gasteiger partial charge in [-0.3, -0.25) is 19.4 Å². The molecule has 8 nitrogen and oxygen atoms in total.